The smallest absolute Gasteiger partial charge is 0.239 e. The number of anilines is 1. The third kappa shape index (κ3) is 4.78. The van der Waals surface area contributed by atoms with Gasteiger partial charge in [0.25, 0.3) is 0 Å². The van der Waals surface area contributed by atoms with Crippen LogP contribution in [0.5, 0.6) is 0 Å². The number of benzene rings is 1. The van der Waals surface area contributed by atoms with Crippen LogP contribution in [0, 0.1) is 11.6 Å². The van der Waals surface area contributed by atoms with Crippen LogP contribution in [0.3, 0.4) is 0 Å². The van der Waals surface area contributed by atoms with Gasteiger partial charge in [-0.15, -0.1) is 0 Å². The molecular weight excluding hydrogens is 318 g/mol. The molecule has 2 N–H and O–H groups in total. The van der Waals surface area contributed by atoms with E-state index in [-0.39, 0.29) is 28.7 Å². The van der Waals surface area contributed by atoms with Gasteiger partial charge in [0.15, 0.2) is 0 Å². The molecule has 0 spiro atoms. The molecule has 1 aromatic carbocycles. The SMILES string of the molecule is CCC(CC)NC(=O)CNc1c(F)cc(F)cc1Br. The van der Waals surface area contributed by atoms with Crippen molar-refractivity contribution in [3.8, 4) is 0 Å². The van der Waals surface area contributed by atoms with E-state index in [0.29, 0.717) is 0 Å². The van der Waals surface area contributed by atoms with Gasteiger partial charge in [-0.1, -0.05) is 13.8 Å². The van der Waals surface area contributed by atoms with E-state index in [1.54, 1.807) is 0 Å². The van der Waals surface area contributed by atoms with E-state index >= 15 is 0 Å². The highest BCUT2D eigenvalue weighted by molar-refractivity contribution is 9.10. The van der Waals surface area contributed by atoms with Gasteiger partial charge in [-0.05, 0) is 34.8 Å². The van der Waals surface area contributed by atoms with Crippen molar-refractivity contribution in [3.05, 3.63) is 28.2 Å². The molecule has 1 aromatic rings. The number of rotatable bonds is 6. The van der Waals surface area contributed by atoms with Gasteiger partial charge in [-0.3, -0.25) is 4.79 Å². The van der Waals surface area contributed by atoms with Crippen LogP contribution < -0.4 is 10.6 Å². The zero-order chi connectivity index (χ0) is 14.4. The molecule has 0 atom stereocenters. The van der Waals surface area contributed by atoms with Crippen LogP contribution in [0.15, 0.2) is 16.6 Å². The summed E-state index contributed by atoms with van der Waals surface area (Å²) in [5.74, 6) is -1.62. The van der Waals surface area contributed by atoms with Gasteiger partial charge in [-0.25, -0.2) is 8.78 Å². The van der Waals surface area contributed by atoms with Crippen molar-refractivity contribution in [2.75, 3.05) is 11.9 Å². The second-order valence-corrected chi connectivity index (χ2v) is 5.03. The molecule has 0 heterocycles. The van der Waals surface area contributed by atoms with E-state index < -0.39 is 11.6 Å². The molecule has 0 aliphatic rings. The lowest BCUT2D eigenvalue weighted by Crippen LogP contribution is -2.37. The Morgan fingerprint density at radius 3 is 2.47 bits per heavy atom. The minimum atomic E-state index is -0.734. The topological polar surface area (TPSA) is 41.1 Å². The maximum atomic E-state index is 13.5. The van der Waals surface area contributed by atoms with Gasteiger partial charge in [0.2, 0.25) is 5.91 Å². The van der Waals surface area contributed by atoms with Crippen molar-refractivity contribution in [3.63, 3.8) is 0 Å². The zero-order valence-electron chi connectivity index (χ0n) is 10.9. The van der Waals surface area contributed by atoms with Gasteiger partial charge in [-0.2, -0.15) is 0 Å². The van der Waals surface area contributed by atoms with Gasteiger partial charge in [0.1, 0.15) is 11.6 Å². The van der Waals surface area contributed by atoms with Crippen LogP contribution in [-0.2, 0) is 4.79 Å². The molecule has 0 saturated heterocycles. The molecule has 1 rings (SSSR count). The highest BCUT2D eigenvalue weighted by atomic mass is 79.9. The van der Waals surface area contributed by atoms with Crippen LogP contribution in [0.4, 0.5) is 14.5 Å². The van der Waals surface area contributed by atoms with Crippen LogP contribution in [0.1, 0.15) is 26.7 Å². The maximum absolute atomic E-state index is 13.5. The summed E-state index contributed by atoms with van der Waals surface area (Å²) in [5.41, 5.74) is 0.0843. The number of amides is 1. The minimum absolute atomic E-state index is 0.0579. The number of nitrogens with one attached hydrogen (secondary N) is 2. The van der Waals surface area contributed by atoms with E-state index in [1.807, 2.05) is 13.8 Å². The van der Waals surface area contributed by atoms with Crippen molar-refractivity contribution in [2.45, 2.75) is 32.7 Å². The number of halogens is 3. The van der Waals surface area contributed by atoms with Crippen molar-refractivity contribution in [1.82, 2.24) is 5.32 Å². The molecule has 6 heteroatoms. The van der Waals surface area contributed by atoms with Gasteiger partial charge in [0.05, 0.1) is 12.2 Å². The second-order valence-electron chi connectivity index (χ2n) is 4.18. The van der Waals surface area contributed by atoms with Gasteiger partial charge >= 0.3 is 0 Å². The van der Waals surface area contributed by atoms with Crippen molar-refractivity contribution < 1.29 is 13.6 Å². The Bertz CT molecular complexity index is 427. The first kappa shape index (κ1) is 15.9. The fraction of sp³-hybridized carbons (Fsp3) is 0.462. The molecule has 0 bridgehead atoms. The Kier molecular flexibility index (Phi) is 6.21. The first-order chi connectivity index (χ1) is 8.97. The molecule has 0 aromatic heterocycles. The third-order valence-corrected chi connectivity index (χ3v) is 3.41. The molecule has 0 fully saturated rings. The molecule has 0 aliphatic carbocycles. The highest BCUT2D eigenvalue weighted by Gasteiger charge is 2.12. The Labute approximate surface area is 119 Å². The van der Waals surface area contributed by atoms with E-state index in [0.717, 1.165) is 25.0 Å². The van der Waals surface area contributed by atoms with Crippen LogP contribution in [0.25, 0.3) is 0 Å². The van der Waals surface area contributed by atoms with E-state index in [2.05, 4.69) is 26.6 Å². The summed E-state index contributed by atoms with van der Waals surface area (Å²) < 4.78 is 26.6. The maximum Gasteiger partial charge on any atom is 0.239 e. The average molecular weight is 335 g/mol. The standard InChI is InChI=1S/C13H17BrF2N2O/c1-3-9(4-2)18-12(19)7-17-13-10(14)5-8(15)6-11(13)16/h5-6,9,17H,3-4,7H2,1-2H3,(H,18,19). The van der Waals surface area contributed by atoms with E-state index in [4.69, 9.17) is 0 Å². The largest absolute Gasteiger partial charge is 0.373 e. The molecule has 0 aliphatic heterocycles. The van der Waals surface area contributed by atoms with Crippen molar-refractivity contribution >= 4 is 27.5 Å². The lowest BCUT2D eigenvalue weighted by molar-refractivity contribution is -0.120. The molecule has 0 unspecified atom stereocenters. The summed E-state index contributed by atoms with van der Waals surface area (Å²) in [6, 6.07) is 2.03. The molecule has 3 nitrogen and oxygen atoms in total. The molecule has 1 amide bonds. The Balaban J connectivity index is 2.60. The monoisotopic (exact) mass is 334 g/mol. The number of hydrogen-bond acceptors (Lipinski definition) is 2. The van der Waals surface area contributed by atoms with Crippen LogP contribution >= 0.6 is 15.9 Å². The molecular formula is C13H17BrF2N2O. The van der Waals surface area contributed by atoms with Crippen LogP contribution in [0.2, 0.25) is 0 Å². The Morgan fingerprint density at radius 2 is 1.95 bits per heavy atom. The number of carbonyl (C=O) groups excluding carboxylic acids is 1. The van der Waals surface area contributed by atoms with E-state index in [1.165, 1.54) is 0 Å². The lowest BCUT2D eigenvalue weighted by Gasteiger charge is -2.16. The summed E-state index contributed by atoms with van der Waals surface area (Å²) in [6.07, 6.45) is 1.69. The first-order valence-corrected chi connectivity index (χ1v) is 6.95. The Hall–Kier alpha value is -1.17. The summed E-state index contributed by atoms with van der Waals surface area (Å²) in [6.45, 7) is 3.91. The summed E-state index contributed by atoms with van der Waals surface area (Å²) in [5, 5.41) is 5.48. The van der Waals surface area contributed by atoms with Crippen LogP contribution in [-0.4, -0.2) is 18.5 Å². The average Bonchev–Trinajstić information content (AvgIpc) is 2.34. The fourth-order valence-electron chi connectivity index (χ4n) is 1.65. The highest BCUT2D eigenvalue weighted by Crippen LogP contribution is 2.26. The fourth-order valence-corrected chi connectivity index (χ4v) is 2.20. The van der Waals surface area contributed by atoms with Gasteiger partial charge in [0, 0.05) is 16.6 Å². The second kappa shape index (κ2) is 7.43. The quantitative estimate of drug-likeness (QED) is 0.836. The van der Waals surface area contributed by atoms with Crippen molar-refractivity contribution in [1.29, 1.82) is 0 Å². The van der Waals surface area contributed by atoms with Gasteiger partial charge < -0.3 is 10.6 Å². The molecule has 0 saturated carbocycles. The molecule has 19 heavy (non-hydrogen) atoms. The normalized spacial score (nSPS) is 10.6. The number of hydrogen-bond donors (Lipinski definition) is 2. The predicted octanol–water partition coefficient (Wildman–Crippen LogP) is 3.44. The lowest BCUT2D eigenvalue weighted by atomic mass is 10.2. The summed E-state index contributed by atoms with van der Waals surface area (Å²) in [4.78, 5) is 11.6. The van der Waals surface area contributed by atoms with Crippen molar-refractivity contribution in [2.24, 2.45) is 0 Å². The number of carbonyl (C=O) groups is 1. The third-order valence-electron chi connectivity index (χ3n) is 2.78. The zero-order valence-corrected chi connectivity index (χ0v) is 12.5. The Morgan fingerprint density at radius 1 is 1.32 bits per heavy atom. The molecule has 0 radical (unpaired) electrons. The van der Waals surface area contributed by atoms with E-state index in [9.17, 15) is 13.6 Å². The minimum Gasteiger partial charge on any atom is -0.373 e. The summed E-state index contributed by atoms with van der Waals surface area (Å²) in [7, 11) is 0. The first-order valence-electron chi connectivity index (χ1n) is 6.15. The summed E-state index contributed by atoms with van der Waals surface area (Å²) >= 11 is 3.05. The molecule has 106 valence electrons. The predicted molar refractivity (Wildman–Crippen MR) is 75.1 cm³/mol.